The number of ketones is 1. The maximum Gasteiger partial charge on any atom is 0.159 e. The van der Waals surface area contributed by atoms with Crippen LogP contribution >= 0.6 is 0 Å². The molecule has 0 N–H and O–H groups in total. The van der Waals surface area contributed by atoms with Crippen molar-refractivity contribution in [3.8, 4) is 11.5 Å². The molecular weight excluding hydrogens is 286 g/mol. The first-order valence-electron chi connectivity index (χ1n) is 7.51. The second-order valence-electron chi connectivity index (χ2n) is 5.48. The van der Waals surface area contributed by atoms with Crippen LogP contribution < -0.4 is 9.64 Å². The number of hydrogen-bond donors (Lipinski definition) is 0. The summed E-state index contributed by atoms with van der Waals surface area (Å²) in [4.78, 5) is 13.6. The number of carbonyl (C=O) groups is 1. The van der Waals surface area contributed by atoms with Crippen LogP contribution in [0, 0.1) is 0 Å². The largest absolute Gasteiger partial charge is 0.453 e. The van der Waals surface area contributed by atoms with Gasteiger partial charge in [-0.1, -0.05) is 24.3 Å². The van der Waals surface area contributed by atoms with Gasteiger partial charge in [0.25, 0.3) is 0 Å². The fraction of sp³-hybridized carbons (Fsp3) is 0.0500. The fourth-order valence-corrected chi connectivity index (χ4v) is 2.83. The summed E-state index contributed by atoms with van der Waals surface area (Å²) in [6.45, 7) is 1.58. The third-order valence-electron chi connectivity index (χ3n) is 3.96. The molecule has 0 aromatic heterocycles. The molecule has 0 aliphatic carbocycles. The lowest BCUT2D eigenvalue weighted by Crippen LogP contribution is -2.15. The van der Waals surface area contributed by atoms with Crippen molar-refractivity contribution >= 4 is 22.8 Å². The molecule has 0 saturated carbocycles. The lowest BCUT2D eigenvalue weighted by atomic mass is 10.1. The Labute approximate surface area is 134 Å². The van der Waals surface area contributed by atoms with Gasteiger partial charge in [0.2, 0.25) is 0 Å². The van der Waals surface area contributed by atoms with Crippen LogP contribution in [0.15, 0.2) is 72.8 Å². The van der Waals surface area contributed by atoms with E-state index in [1.807, 2.05) is 72.8 Å². The lowest BCUT2D eigenvalue weighted by Gasteiger charge is -2.32. The van der Waals surface area contributed by atoms with Gasteiger partial charge >= 0.3 is 0 Å². The van der Waals surface area contributed by atoms with Crippen LogP contribution in [0.2, 0.25) is 0 Å². The summed E-state index contributed by atoms with van der Waals surface area (Å²) in [5, 5.41) is 0. The third kappa shape index (κ3) is 2.27. The van der Waals surface area contributed by atoms with Crippen molar-refractivity contribution in [2.24, 2.45) is 0 Å². The molecule has 0 bridgehead atoms. The monoisotopic (exact) mass is 301 g/mol. The highest BCUT2D eigenvalue weighted by Gasteiger charge is 2.24. The summed E-state index contributed by atoms with van der Waals surface area (Å²) in [6.07, 6.45) is 0. The van der Waals surface area contributed by atoms with Gasteiger partial charge in [0.1, 0.15) is 0 Å². The normalized spacial score (nSPS) is 12.1. The Hall–Kier alpha value is -3.07. The molecule has 3 aromatic carbocycles. The number of hydrogen-bond acceptors (Lipinski definition) is 3. The number of ether oxygens (including phenoxy) is 1. The van der Waals surface area contributed by atoms with Crippen molar-refractivity contribution in [3.63, 3.8) is 0 Å². The van der Waals surface area contributed by atoms with Crippen LogP contribution in [0.5, 0.6) is 11.5 Å². The van der Waals surface area contributed by atoms with E-state index in [0.717, 1.165) is 28.6 Å². The van der Waals surface area contributed by atoms with Crippen LogP contribution in [0.3, 0.4) is 0 Å². The predicted molar refractivity (Wildman–Crippen MR) is 91.2 cm³/mol. The van der Waals surface area contributed by atoms with E-state index in [4.69, 9.17) is 4.74 Å². The second-order valence-corrected chi connectivity index (χ2v) is 5.48. The molecule has 3 nitrogen and oxygen atoms in total. The molecule has 0 unspecified atom stereocenters. The number of rotatable bonds is 2. The molecule has 1 aliphatic rings. The van der Waals surface area contributed by atoms with Crippen molar-refractivity contribution in [3.05, 3.63) is 78.4 Å². The highest BCUT2D eigenvalue weighted by Crippen LogP contribution is 2.49. The SMILES string of the molecule is CC(=O)c1ccc(N2c3ccccc3Oc3ccccc32)cc1. The van der Waals surface area contributed by atoms with Crippen LogP contribution in [-0.2, 0) is 0 Å². The smallest absolute Gasteiger partial charge is 0.159 e. The topological polar surface area (TPSA) is 29.5 Å². The molecular formula is C20H15NO2. The van der Waals surface area contributed by atoms with Crippen LogP contribution in [0.4, 0.5) is 17.1 Å². The zero-order valence-corrected chi connectivity index (χ0v) is 12.7. The van der Waals surface area contributed by atoms with E-state index in [1.165, 1.54) is 0 Å². The number of Topliss-reactive ketones (excluding diaryl/α,β-unsaturated/α-hetero) is 1. The van der Waals surface area contributed by atoms with Crippen molar-refractivity contribution in [2.75, 3.05) is 4.90 Å². The maximum absolute atomic E-state index is 11.5. The van der Waals surface area contributed by atoms with E-state index in [-0.39, 0.29) is 5.78 Å². The van der Waals surface area contributed by atoms with Crippen LogP contribution in [-0.4, -0.2) is 5.78 Å². The van der Waals surface area contributed by atoms with Crippen molar-refractivity contribution < 1.29 is 9.53 Å². The summed E-state index contributed by atoms with van der Waals surface area (Å²) in [5.41, 5.74) is 3.69. The summed E-state index contributed by atoms with van der Waals surface area (Å²) in [6, 6.07) is 23.5. The summed E-state index contributed by atoms with van der Waals surface area (Å²) < 4.78 is 6.00. The van der Waals surface area contributed by atoms with Crippen molar-refractivity contribution in [1.82, 2.24) is 0 Å². The Morgan fingerprint density at radius 3 is 1.83 bits per heavy atom. The highest BCUT2D eigenvalue weighted by molar-refractivity contribution is 5.95. The number of carbonyl (C=O) groups excluding carboxylic acids is 1. The standard InChI is InChI=1S/C20H15NO2/c1-14(22)15-10-12-16(13-11-15)21-17-6-2-4-8-19(17)23-20-9-5-3-7-18(20)21/h2-13H,1H3. The first kappa shape index (κ1) is 13.6. The average Bonchev–Trinajstić information content (AvgIpc) is 2.59. The zero-order chi connectivity index (χ0) is 15.8. The van der Waals surface area contributed by atoms with Gasteiger partial charge in [0.15, 0.2) is 17.3 Å². The molecule has 112 valence electrons. The number of nitrogens with zero attached hydrogens (tertiary/aromatic N) is 1. The van der Waals surface area contributed by atoms with Gasteiger partial charge in [-0.3, -0.25) is 4.79 Å². The van der Waals surface area contributed by atoms with E-state index < -0.39 is 0 Å². The Kier molecular flexibility index (Phi) is 3.12. The zero-order valence-electron chi connectivity index (χ0n) is 12.7. The molecule has 0 fully saturated rings. The number of fused-ring (bicyclic) bond motifs is 2. The molecule has 0 amide bonds. The summed E-state index contributed by atoms with van der Waals surface area (Å²) >= 11 is 0. The molecule has 0 atom stereocenters. The number of benzene rings is 3. The first-order chi connectivity index (χ1) is 11.2. The van der Waals surface area contributed by atoms with E-state index in [2.05, 4.69) is 4.90 Å². The quantitative estimate of drug-likeness (QED) is 0.460. The van der Waals surface area contributed by atoms with E-state index >= 15 is 0 Å². The van der Waals surface area contributed by atoms with Gasteiger partial charge in [-0.2, -0.15) is 0 Å². The van der Waals surface area contributed by atoms with Crippen LogP contribution in [0.1, 0.15) is 17.3 Å². The predicted octanol–water partition coefficient (Wildman–Crippen LogP) is 5.46. The lowest BCUT2D eigenvalue weighted by molar-refractivity contribution is 0.101. The van der Waals surface area contributed by atoms with Gasteiger partial charge in [-0.15, -0.1) is 0 Å². The third-order valence-corrected chi connectivity index (χ3v) is 3.96. The van der Waals surface area contributed by atoms with Gasteiger partial charge in [0.05, 0.1) is 11.4 Å². The molecule has 0 saturated heterocycles. The molecule has 3 heteroatoms. The molecule has 0 spiro atoms. The Balaban J connectivity index is 1.89. The van der Waals surface area contributed by atoms with Crippen LogP contribution in [0.25, 0.3) is 0 Å². The Morgan fingerprint density at radius 1 is 0.783 bits per heavy atom. The molecule has 1 heterocycles. The highest BCUT2D eigenvalue weighted by atomic mass is 16.5. The van der Waals surface area contributed by atoms with Gasteiger partial charge in [0, 0.05) is 11.3 Å². The van der Waals surface area contributed by atoms with E-state index in [1.54, 1.807) is 6.92 Å². The second kappa shape index (κ2) is 5.29. The summed E-state index contributed by atoms with van der Waals surface area (Å²) in [7, 11) is 0. The average molecular weight is 301 g/mol. The van der Waals surface area contributed by atoms with E-state index in [0.29, 0.717) is 5.56 Å². The number of para-hydroxylation sites is 4. The molecule has 1 aliphatic heterocycles. The minimum absolute atomic E-state index is 0.0688. The minimum Gasteiger partial charge on any atom is -0.453 e. The van der Waals surface area contributed by atoms with Gasteiger partial charge < -0.3 is 9.64 Å². The summed E-state index contributed by atoms with van der Waals surface area (Å²) in [5.74, 6) is 1.71. The van der Waals surface area contributed by atoms with Gasteiger partial charge in [-0.05, 0) is 55.5 Å². The maximum atomic E-state index is 11.5. The minimum atomic E-state index is 0.0688. The molecule has 4 rings (SSSR count). The first-order valence-corrected chi connectivity index (χ1v) is 7.51. The Bertz CT molecular complexity index is 839. The van der Waals surface area contributed by atoms with Gasteiger partial charge in [-0.25, -0.2) is 0 Å². The van der Waals surface area contributed by atoms with E-state index in [9.17, 15) is 4.79 Å². The molecule has 23 heavy (non-hydrogen) atoms. The molecule has 0 radical (unpaired) electrons. The number of anilines is 3. The van der Waals surface area contributed by atoms with Crippen molar-refractivity contribution in [2.45, 2.75) is 6.92 Å². The molecule has 3 aromatic rings. The van der Waals surface area contributed by atoms with Crippen molar-refractivity contribution in [1.29, 1.82) is 0 Å². The fourth-order valence-electron chi connectivity index (χ4n) is 2.83. The Morgan fingerprint density at radius 2 is 1.30 bits per heavy atom.